The lowest BCUT2D eigenvalue weighted by atomic mass is 10.1. The number of ether oxygens (including phenoxy) is 1. The van der Waals surface area contributed by atoms with Crippen LogP contribution in [0.3, 0.4) is 0 Å². The van der Waals surface area contributed by atoms with Gasteiger partial charge in [0.25, 0.3) is 11.6 Å². The minimum atomic E-state index is -0.459. The first-order valence-corrected chi connectivity index (χ1v) is 11.5. The number of nitro benzene ring substituents is 1. The van der Waals surface area contributed by atoms with Gasteiger partial charge in [-0.25, -0.2) is 4.98 Å². The Morgan fingerprint density at radius 2 is 2.00 bits per heavy atom. The van der Waals surface area contributed by atoms with Gasteiger partial charge in [-0.3, -0.25) is 20.2 Å². The number of carbonyl (C=O) groups is 1. The van der Waals surface area contributed by atoms with Gasteiger partial charge in [0.2, 0.25) is 0 Å². The number of nitrogens with zero attached hydrogens (tertiary/aromatic N) is 2. The molecular weight excluding hydrogens is 528 g/mol. The Labute approximate surface area is 205 Å². The molecular formula is C22H15BrN4O4S2. The van der Waals surface area contributed by atoms with Gasteiger partial charge in [-0.15, -0.1) is 11.3 Å². The van der Waals surface area contributed by atoms with Crippen LogP contribution in [-0.2, 0) is 0 Å². The van der Waals surface area contributed by atoms with E-state index < -0.39 is 10.8 Å². The fourth-order valence-electron chi connectivity index (χ4n) is 3.19. The normalized spacial score (nSPS) is 10.6. The molecule has 4 aromatic rings. The van der Waals surface area contributed by atoms with Gasteiger partial charge in [-0.2, -0.15) is 0 Å². The van der Waals surface area contributed by atoms with Crippen molar-refractivity contribution in [2.24, 2.45) is 0 Å². The van der Waals surface area contributed by atoms with E-state index in [0.717, 1.165) is 10.8 Å². The van der Waals surface area contributed by atoms with Crippen molar-refractivity contribution in [3.8, 4) is 17.0 Å². The molecule has 0 fully saturated rings. The van der Waals surface area contributed by atoms with Crippen LogP contribution in [0.4, 0.5) is 10.8 Å². The number of nitro groups is 1. The number of anilines is 1. The number of nitrogens with one attached hydrogen (secondary N) is 2. The number of thiocarbonyl (C=S) groups is 1. The van der Waals surface area contributed by atoms with Crippen LogP contribution in [0.1, 0.15) is 10.4 Å². The number of thiazole rings is 1. The van der Waals surface area contributed by atoms with Crippen molar-refractivity contribution < 1.29 is 14.5 Å². The van der Waals surface area contributed by atoms with Crippen LogP contribution in [0.15, 0.2) is 64.5 Å². The van der Waals surface area contributed by atoms with Gasteiger partial charge in [0.15, 0.2) is 10.2 Å². The van der Waals surface area contributed by atoms with Crippen LogP contribution in [0.25, 0.3) is 22.0 Å². The highest BCUT2D eigenvalue weighted by Gasteiger charge is 2.19. The minimum absolute atomic E-state index is 0.0201. The summed E-state index contributed by atoms with van der Waals surface area (Å²) in [5.74, 6) is -0.0394. The molecule has 0 aliphatic carbocycles. The predicted molar refractivity (Wildman–Crippen MR) is 136 cm³/mol. The number of methoxy groups -OCH3 is 1. The summed E-state index contributed by atoms with van der Waals surface area (Å²) in [6, 6.07) is 15.5. The number of hydrogen-bond donors (Lipinski definition) is 2. The topological polar surface area (TPSA) is 106 Å². The Kier molecular flexibility index (Phi) is 6.63. The molecule has 0 saturated heterocycles. The van der Waals surface area contributed by atoms with Crippen molar-refractivity contribution in [1.29, 1.82) is 0 Å². The second-order valence-electron chi connectivity index (χ2n) is 6.75. The molecule has 8 nitrogen and oxygen atoms in total. The Bertz CT molecular complexity index is 1410. The molecule has 0 bridgehead atoms. The molecule has 166 valence electrons. The van der Waals surface area contributed by atoms with Crippen molar-refractivity contribution in [2.75, 3.05) is 12.4 Å². The van der Waals surface area contributed by atoms with Crippen LogP contribution in [-0.4, -0.2) is 28.0 Å². The number of aromatic nitrogens is 1. The number of benzene rings is 3. The SMILES string of the molecule is COc1c(C(=O)NC(=S)Nc2nc(-c3cccc([N+](=O)[O-])c3)cs2)cc2ccccc2c1Br. The third-order valence-electron chi connectivity index (χ3n) is 4.69. The second-order valence-corrected chi connectivity index (χ2v) is 8.81. The van der Waals surface area contributed by atoms with E-state index in [9.17, 15) is 14.9 Å². The third kappa shape index (κ3) is 4.85. The molecule has 0 spiro atoms. The van der Waals surface area contributed by atoms with Gasteiger partial charge < -0.3 is 10.1 Å². The van der Waals surface area contributed by atoms with Crippen LogP contribution >= 0.6 is 39.5 Å². The van der Waals surface area contributed by atoms with E-state index in [4.69, 9.17) is 17.0 Å². The van der Waals surface area contributed by atoms with Gasteiger partial charge in [0, 0.05) is 23.1 Å². The zero-order chi connectivity index (χ0) is 23.5. The summed E-state index contributed by atoms with van der Waals surface area (Å²) >= 11 is 10.1. The number of amides is 1. The third-order valence-corrected chi connectivity index (χ3v) is 6.44. The molecule has 1 aromatic heterocycles. The van der Waals surface area contributed by atoms with Crippen LogP contribution in [0.5, 0.6) is 5.75 Å². The van der Waals surface area contributed by atoms with Crippen molar-refractivity contribution >= 4 is 72.1 Å². The molecule has 1 amide bonds. The van der Waals surface area contributed by atoms with Gasteiger partial charge in [0.1, 0.15) is 5.75 Å². The molecule has 0 aliphatic rings. The Balaban J connectivity index is 1.51. The van der Waals surface area contributed by atoms with E-state index in [1.807, 2.05) is 24.3 Å². The smallest absolute Gasteiger partial charge is 0.270 e. The van der Waals surface area contributed by atoms with Crippen LogP contribution in [0, 0.1) is 10.1 Å². The van der Waals surface area contributed by atoms with Crippen molar-refractivity contribution in [3.05, 3.63) is 80.1 Å². The first kappa shape index (κ1) is 22.8. The van der Waals surface area contributed by atoms with Gasteiger partial charge in [-0.1, -0.05) is 36.4 Å². The maximum absolute atomic E-state index is 12.9. The summed E-state index contributed by atoms with van der Waals surface area (Å²) in [5.41, 5.74) is 1.46. The fraction of sp³-hybridized carbons (Fsp3) is 0.0455. The fourth-order valence-corrected chi connectivity index (χ4v) is 4.91. The number of fused-ring (bicyclic) bond motifs is 1. The maximum atomic E-state index is 12.9. The van der Waals surface area contributed by atoms with Gasteiger partial charge >= 0.3 is 0 Å². The molecule has 0 aliphatic heterocycles. The first-order valence-electron chi connectivity index (χ1n) is 9.45. The zero-order valence-corrected chi connectivity index (χ0v) is 20.2. The summed E-state index contributed by atoms with van der Waals surface area (Å²) in [6.45, 7) is 0. The predicted octanol–water partition coefficient (Wildman–Crippen LogP) is 5.77. The number of rotatable bonds is 5. The average Bonchev–Trinajstić information content (AvgIpc) is 3.27. The maximum Gasteiger partial charge on any atom is 0.270 e. The molecule has 3 aromatic carbocycles. The molecule has 2 N–H and O–H groups in total. The largest absolute Gasteiger partial charge is 0.495 e. The molecule has 0 atom stereocenters. The highest BCUT2D eigenvalue weighted by atomic mass is 79.9. The van der Waals surface area contributed by atoms with E-state index in [0.29, 0.717) is 32.2 Å². The number of halogens is 1. The van der Waals surface area contributed by atoms with Crippen molar-refractivity contribution in [3.63, 3.8) is 0 Å². The molecule has 1 heterocycles. The number of non-ortho nitro benzene ring substituents is 1. The van der Waals surface area contributed by atoms with Crippen molar-refractivity contribution in [1.82, 2.24) is 10.3 Å². The lowest BCUT2D eigenvalue weighted by Crippen LogP contribution is -2.34. The molecule has 0 radical (unpaired) electrons. The van der Waals surface area contributed by atoms with Gasteiger partial charge in [0.05, 0.1) is 27.8 Å². The molecule has 0 unspecified atom stereocenters. The summed E-state index contributed by atoms with van der Waals surface area (Å²) in [7, 11) is 1.49. The summed E-state index contributed by atoms with van der Waals surface area (Å²) < 4.78 is 6.13. The average molecular weight is 543 g/mol. The Hall–Kier alpha value is -3.41. The number of carbonyl (C=O) groups excluding carboxylic acids is 1. The lowest BCUT2D eigenvalue weighted by Gasteiger charge is -2.14. The van der Waals surface area contributed by atoms with Crippen molar-refractivity contribution in [2.45, 2.75) is 0 Å². The number of hydrogen-bond acceptors (Lipinski definition) is 7. The van der Waals surface area contributed by atoms with Gasteiger partial charge in [-0.05, 0) is 45.0 Å². The van der Waals surface area contributed by atoms with E-state index >= 15 is 0 Å². The van der Waals surface area contributed by atoms with E-state index in [2.05, 4.69) is 31.5 Å². The van der Waals surface area contributed by atoms with E-state index in [1.165, 1.54) is 30.6 Å². The summed E-state index contributed by atoms with van der Waals surface area (Å²) in [4.78, 5) is 27.9. The molecule has 11 heteroatoms. The summed E-state index contributed by atoms with van der Waals surface area (Å²) in [5, 5.41) is 20.6. The van der Waals surface area contributed by atoms with Crippen LogP contribution < -0.4 is 15.4 Å². The Morgan fingerprint density at radius 3 is 2.76 bits per heavy atom. The monoisotopic (exact) mass is 542 g/mol. The lowest BCUT2D eigenvalue weighted by molar-refractivity contribution is -0.384. The molecule has 0 saturated carbocycles. The summed E-state index contributed by atoms with van der Waals surface area (Å²) in [6.07, 6.45) is 0. The first-order chi connectivity index (χ1) is 15.9. The highest BCUT2D eigenvalue weighted by Crippen LogP contribution is 2.36. The standard InChI is InChI=1S/C22H15BrN4O4S2/c1-31-19-16(10-12-5-2-3-8-15(12)18(19)23)20(28)25-21(32)26-22-24-17(11-33-22)13-6-4-7-14(9-13)27(29)30/h2-11H,1H3,(H2,24,25,26,28,32). The van der Waals surface area contributed by atoms with E-state index in [1.54, 1.807) is 23.6 Å². The second kappa shape index (κ2) is 9.61. The van der Waals surface area contributed by atoms with E-state index in [-0.39, 0.29) is 10.8 Å². The minimum Gasteiger partial charge on any atom is -0.495 e. The molecule has 33 heavy (non-hydrogen) atoms. The molecule has 4 rings (SSSR count). The highest BCUT2D eigenvalue weighted by molar-refractivity contribution is 9.10. The van der Waals surface area contributed by atoms with Crippen LogP contribution in [0.2, 0.25) is 0 Å². The Morgan fingerprint density at radius 1 is 1.21 bits per heavy atom. The zero-order valence-electron chi connectivity index (χ0n) is 17.0. The quantitative estimate of drug-likeness (QED) is 0.187.